The van der Waals surface area contributed by atoms with Crippen LogP contribution in [0.2, 0.25) is 5.02 Å². The highest BCUT2D eigenvalue weighted by Crippen LogP contribution is 2.33. The smallest absolute Gasteiger partial charge is 0.348 e. The Morgan fingerprint density at radius 2 is 2.12 bits per heavy atom. The summed E-state index contributed by atoms with van der Waals surface area (Å²) in [5.41, 5.74) is 0.701. The van der Waals surface area contributed by atoms with Gasteiger partial charge in [0.2, 0.25) is 0 Å². The predicted molar refractivity (Wildman–Crippen MR) is 95.3 cm³/mol. The maximum atomic E-state index is 12.3. The van der Waals surface area contributed by atoms with Gasteiger partial charge in [-0.25, -0.2) is 4.79 Å². The van der Waals surface area contributed by atoms with E-state index >= 15 is 0 Å². The summed E-state index contributed by atoms with van der Waals surface area (Å²) >= 11 is 6.87. The second-order valence-corrected chi connectivity index (χ2v) is 6.53. The number of nitriles is 1. The third kappa shape index (κ3) is 4.29. The van der Waals surface area contributed by atoms with E-state index in [1.807, 2.05) is 6.07 Å². The first-order valence-electron chi connectivity index (χ1n) is 7.22. The third-order valence-electron chi connectivity index (χ3n) is 3.34. The first-order chi connectivity index (χ1) is 11.9. The Labute approximate surface area is 153 Å². The molecule has 0 bridgehead atoms. The molecule has 0 spiro atoms. The molecule has 0 saturated heterocycles. The highest BCUT2D eigenvalue weighted by Gasteiger charge is 2.24. The minimum Gasteiger partial charge on any atom is -0.481 e. The van der Waals surface area contributed by atoms with E-state index < -0.39 is 18.0 Å². The zero-order chi connectivity index (χ0) is 18.6. The van der Waals surface area contributed by atoms with Crippen LogP contribution in [0, 0.1) is 18.3 Å². The zero-order valence-corrected chi connectivity index (χ0v) is 15.3. The Hall–Kier alpha value is -2.56. The quantitative estimate of drug-likeness (QED) is 0.800. The van der Waals surface area contributed by atoms with Gasteiger partial charge in [0.05, 0.1) is 12.7 Å². The van der Waals surface area contributed by atoms with E-state index in [1.165, 1.54) is 7.11 Å². The number of thiophene rings is 1. The average Bonchev–Trinajstić information content (AvgIpc) is 2.89. The lowest BCUT2D eigenvalue weighted by Gasteiger charge is -2.14. The molecule has 25 heavy (non-hydrogen) atoms. The first kappa shape index (κ1) is 18.8. The summed E-state index contributed by atoms with van der Waals surface area (Å²) < 4.78 is 10.2. The van der Waals surface area contributed by atoms with Crippen molar-refractivity contribution in [1.29, 1.82) is 5.26 Å². The molecule has 0 unspecified atom stereocenters. The molecule has 0 saturated carbocycles. The van der Waals surface area contributed by atoms with E-state index in [0.717, 1.165) is 11.3 Å². The molecule has 1 heterocycles. The topological polar surface area (TPSA) is 88.4 Å². The number of amides is 1. The summed E-state index contributed by atoms with van der Waals surface area (Å²) in [4.78, 5) is 24.4. The molecule has 0 aliphatic carbocycles. The molecule has 1 atom stereocenters. The molecule has 2 rings (SSSR count). The number of nitrogens with one attached hydrogen (secondary N) is 1. The van der Waals surface area contributed by atoms with Crippen LogP contribution in [0.1, 0.15) is 27.7 Å². The van der Waals surface area contributed by atoms with E-state index in [2.05, 4.69) is 10.1 Å². The van der Waals surface area contributed by atoms with Gasteiger partial charge in [-0.05, 0) is 37.6 Å². The number of ether oxygens (including phenoxy) is 2. The zero-order valence-electron chi connectivity index (χ0n) is 13.8. The molecule has 0 aliphatic heterocycles. The van der Waals surface area contributed by atoms with Gasteiger partial charge < -0.3 is 14.8 Å². The van der Waals surface area contributed by atoms with Gasteiger partial charge in [0, 0.05) is 5.02 Å². The second-order valence-electron chi connectivity index (χ2n) is 5.07. The van der Waals surface area contributed by atoms with Gasteiger partial charge in [0.25, 0.3) is 5.91 Å². The number of halogens is 1. The molecule has 1 N–H and O–H groups in total. The van der Waals surface area contributed by atoms with Gasteiger partial charge in [-0.1, -0.05) is 17.7 Å². The summed E-state index contributed by atoms with van der Waals surface area (Å²) in [5, 5.41) is 12.7. The van der Waals surface area contributed by atoms with E-state index in [9.17, 15) is 14.9 Å². The SMILES string of the molecule is COC(=O)c1sc(NC(=O)[C@H](C)Oc2cccc(Cl)c2)c(C#N)c1C. The molecule has 130 valence electrons. The fraction of sp³-hybridized carbons (Fsp3) is 0.235. The van der Waals surface area contributed by atoms with Crippen molar-refractivity contribution in [2.75, 3.05) is 12.4 Å². The number of carbonyl (C=O) groups is 2. The van der Waals surface area contributed by atoms with Gasteiger partial charge in [-0.2, -0.15) is 5.26 Å². The van der Waals surface area contributed by atoms with Crippen LogP contribution in [-0.4, -0.2) is 25.1 Å². The minimum atomic E-state index is -0.825. The maximum Gasteiger partial charge on any atom is 0.348 e. The Morgan fingerprint density at radius 3 is 2.72 bits per heavy atom. The molecular formula is C17H15ClN2O4S. The fourth-order valence-electron chi connectivity index (χ4n) is 2.04. The number of methoxy groups -OCH3 is 1. The van der Waals surface area contributed by atoms with Crippen LogP contribution in [-0.2, 0) is 9.53 Å². The molecule has 1 aromatic heterocycles. The van der Waals surface area contributed by atoms with Gasteiger partial charge in [0.15, 0.2) is 6.10 Å². The van der Waals surface area contributed by atoms with Crippen LogP contribution in [0.5, 0.6) is 5.75 Å². The highest BCUT2D eigenvalue weighted by atomic mass is 35.5. The van der Waals surface area contributed by atoms with E-state index in [-0.39, 0.29) is 15.4 Å². The number of rotatable bonds is 5. The van der Waals surface area contributed by atoms with Crippen molar-refractivity contribution < 1.29 is 19.1 Å². The van der Waals surface area contributed by atoms with Crippen LogP contribution in [0.3, 0.4) is 0 Å². The van der Waals surface area contributed by atoms with Crippen molar-refractivity contribution in [3.05, 3.63) is 45.3 Å². The monoisotopic (exact) mass is 378 g/mol. The number of hydrogen-bond donors (Lipinski definition) is 1. The van der Waals surface area contributed by atoms with E-state index in [0.29, 0.717) is 16.3 Å². The molecule has 0 radical (unpaired) electrons. The largest absolute Gasteiger partial charge is 0.481 e. The molecule has 8 heteroatoms. The van der Waals surface area contributed by atoms with E-state index in [1.54, 1.807) is 38.1 Å². The van der Waals surface area contributed by atoms with Crippen LogP contribution < -0.4 is 10.1 Å². The number of carbonyl (C=O) groups excluding carboxylic acids is 2. The van der Waals surface area contributed by atoms with Gasteiger partial charge in [-0.3, -0.25) is 4.79 Å². The predicted octanol–water partition coefficient (Wildman–Crippen LogP) is 3.77. The summed E-state index contributed by atoms with van der Waals surface area (Å²) in [6.45, 7) is 3.20. The summed E-state index contributed by atoms with van der Waals surface area (Å²) in [5.74, 6) is -0.551. The van der Waals surface area contributed by atoms with Crippen molar-refractivity contribution in [2.45, 2.75) is 20.0 Å². The first-order valence-corrected chi connectivity index (χ1v) is 8.41. The van der Waals surface area contributed by atoms with Crippen molar-refractivity contribution in [3.63, 3.8) is 0 Å². The van der Waals surface area contributed by atoms with Gasteiger partial charge >= 0.3 is 5.97 Å². The van der Waals surface area contributed by atoms with Crippen LogP contribution >= 0.6 is 22.9 Å². The number of benzene rings is 1. The molecule has 0 fully saturated rings. The summed E-state index contributed by atoms with van der Waals surface area (Å²) in [7, 11) is 1.26. The number of nitrogens with zero attached hydrogens (tertiary/aromatic N) is 1. The Bertz CT molecular complexity index is 857. The van der Waals surface area contributed by atoms with Crippen molar-refractivity contribution in [1.82, 2.24) is 0 Å². The lowest BCUT2D eigenvalue weighted by Crippen LogP contribution is -2.30. The van der Waals surface area contributed by atoms with Crippen LogP contribution in [0.15, 0.2) is 24.3 Å². The maximum absolute atomic E-state index is 12.3. The third-order valence-corrected chi connectivity index (χ3v) is 4.77. The standard InChI is InChI=1S/C17H15ClN2O4S/c1-9-13(8-19)16(25-14(9)17(22)23-3)20-15(21)10(2)24-12-6-4-5-11(18)7-12/h4-7,10H,1-3H3,(H,20,21)/t10-/m0/s1. The highest BCUT2D eigenvalue weighted by molar-refractivity contribution is 7.18. The average molecular weight is 379 g/mol. The van der Waals surface area contributed by atoms with Gasteiger partial charge in [-0.15, -0.1) is 11.3 Å². The fourth-order valence-corrected chi connectivity index (χ4v) is 3.29. The van der Waals surface area contributed by atoms with Crippen LogP contribution in [0.25, 0.3) is 0 Å². The normalized spacial score (nSPS) is 11.3. The lowest BCUT2D eigenvalue weighted by molar-refractivity contribution is -0.122. The summed E-state index contributed by atoms with van der Waals surface area (Å²) in [6.07, 6.45) is -0.825. The van der Waals surface area contributed by atoms with Crippen molar-refractivity contribution in [3.8, 4) is 11.8 Å². The molecule has 2 aromatic rings. The molecule has 1 aromatic carbocycles. The summed E-state index contributed by atoms with van der Waals surface area (Å²) in [6, 6.07) is 8.68. The minimum absolute atomic E-state index is 0.230. The Kier molecular flexibility index (Phi) is 6.02. The van der Waals surface area contributed by atoms with Gasteiger partial charge in [0.1, 0.15) is 21.7 Å². The molecule has 6 nitrogen and oxygen atoms in total. The number of anilines is 1. The number of hydrogen-bond acceptors (Lipinski definition) is 6. The van der Waals surface area contributed by atoms with Crippen molar-refractivity contribution >= 4 is 39.8 Å². The van der Waals surface area contributed by atoms with Crippen molar-refractivity contribution in [2.24, 2.45) is 0 Å². The van der Waals surface area contributed by atoms with Crippen LogP contribution in [0.4, 0.5) is 5.00 Å². The lowest BCUT2D eigenvalue weighted by atomic mass is 10.2. The Morgan fingerprint density at radius 1 is 1.40 bits per heavy atom. The van der Waals surface area contributed by atoms with E-state index in [4.69, 9.17) is 16.3 Å². The Balaban J connectivity index is 2.17. The number of esters is 1. The molecule has 0 aliphatic rings. The second kappa shape index (κ2) is 8.01. The molecule has 1 amide bonds. The molecular weight excluding hydrogens is 364 g/mol.